The van der Waals surface area contributed by atoms with Crippen LogP contribution in [0, 0.1) is 29.1 Å². The molecule has 2 bridgehead atoms. The van der Waals surface area contributed by atoms with E-state index < -0.39 is 30.1 Å². The number of hydroxylamine groups is 2. The van der Waals surface area contributed by atoms with E-state index in [9.17, 15) is 19.8 Å². The van der Waals surface area contributed by atoms with Gasteiger partial charge in [0.25, 0.3) is 0 Å². The lowest BCUT2D eigenvalue weighted by Gasteiger charge is -2.62. The van der Waals surface area contributed by atoms with Gasteiger partial charge >= 0.3 is 5.97 Å². The molecule has 0 spiro atoms. The zero-order chi connectivity index (χ0) is 31.2. The highest BCUT2D eigenvalue weighted by molar-refractivity contribution is 5.92. The van der Waals surface area contributed by atoms with Crippen molar-refractivity contribution in [1.82, 2.24) is 10.4 Å². The number of aliphatic hydroxyl groups is 1. The average Bonchev–Trinajstić information content (AvgIpc) is 3.36. The predicted molar refractivity (Wildman–Crippen MR) is 164 cm³/mol. The number of para-hydroxylation sites is 1. The number of rotatable bonds is 10. The Balaban J connectivity index is 1.45. The Labute approximate surface area is 253 Å². The van der Waals surface area contributed by atoms with Crippen molar-refractivity contribution < 1.29 is 29.4 Å². The molecule has 10 heteroatoms. The number of fused-ring (bicyclic) bond motifs is 2. The number of carboxylic acid groups (broad SMARTS) is 1. The molecule has 4 fully saturated rings. The van der Waals surface area contributed by atoms with E-state index in [2.05, 4.69) is 31.4 Å². The number of amides is 1. The first-order valence-electron chi connectivity index (χ1n) is 15.3. The molecular weight excluding hydrogens is 548 g/mol. The number of carbonyl (C=O) groups excluding carboxylic acids is 1. The minimum Gasteiger partial charge on any atom is -0.496 e. The number of carboxylic acids is 1. The van der Waals surface area contributed by atoms with Crippen LogP contribution in [0.2, 0.25) is 0 Å². The van der Waals surface area contributed by atoms with Crippen molar-refractivity contribution in [3.05, 3.63) is 47.5 Å². The summed E-state index contributed by atoms with van der Waals surface area (Å²) in [6.45, 7) is 8.93. The number of hydrogen-bond acceptors (Lipinski definition) is 8. The highest BCUT2D eigenvalue weighted by atomic mass is 16.7. The number of nitrogens with zero attached hydrogens (tertiary/aromatic N) is 1. The van der Waals surface area contributed by atoms with E-state index >= 15 is 0 Å². The van der Waals surface area contributed by atoms with Gasteiger partial charge in [0.05, 0.1) is 31.4 Å². The number of carbonyl (C=O) groups is 2. The molecule has 1 heterocycles. The lowest BCUT2D eigenvalue weighted by atomic mass is 9.45. The summed E-state index contributed by atoms with van der Waals surface area (Å²) in [6, 6.07) is 9.99. The van der Waals surface area contributed by atoms with E-state index in [1.54, 1.807) is 38.3 Å². The molecule has 6 rings (SSSR count). The van der Waals surface area contributed by atoms with Gasteiger partial charge in [-0.15, -0.1) is 0 Å². The molecule has 3 saturated carbocycles. The third-order valence-corrected chi connectivity index (χ3v) is 10.5. The third-order valence-electron chi connectivity index (χ3n) is 10.5. The number of aliphatic hydroxyl groups excluding tert-OH is 1. The summed E-state index contributed by atoms with van der Waals surface area (Å²) in [5.41, 5.74) is 9.33. The first-order valence-corrected chi connectivity index (χ1v) is 15.3. The first-order chi connectivity index (χ1) is 20.4. The molecule has 3 aliphatic carbocycles. The Morgan fingerprint density at radius 2 is 1.98 bits per heavy atom. The van der Waals surface area contributed by atoms with Crippen LogP contribution in [-0.2, 0) is 16.2 Å². The summed E-state index contributed by atoms with van der Waals surface area (Å²) in [6.07, 6.45) is 0.805. The quantitative estimate of drug-likeness (QED) is 0.278. The minimum absolute atomic E-state index is 0.0680. The van der Waals surface area contributed by atoms with Crippen molar-refractivity contribution >= 4 is 17.6 Å². The molecule has 1 aliphatic heterocycles. The van der Waals surface area contributed by atoms with Gasteiger partial charge in [-0.2, -0.15) is 5.06 Å². The summed E-state index contributed by atoms with van der Waals surface area (Å²) in [7, 11) is 3.30. The molecule has 234 valence electrons. The number of aromatic carboxylic acids is 1. The molecule has 2 aromatic rings. The van der Waals surface area contributed by atoms with Gasteiger partial charge < -0.3 is 31.3 Å². The molecule has 0 radical (unpaired) electrons. The van der Waals surface area contributed by atoms with E-state index in [0.717, 1.165) is 12.0 Å². The second-order valence-electron chi connectivity index (χ2n) is 13.1. The minimum atomic E-state index is -1.03. The van der Waals surface area contributed by atoms with Crippen LogP contribution in [0.25, 0.3) is 11.1 Å². The monoisotopic (exact) mass is 594 g/mol. The number of methoxy groups -OCH3 is 1. The summed E-state index contributed by atoms with van der Waals surface area (Å²) in [5.74, 6) is 0.355. The van der Waals surface area contributed by atoms with E-state index in [1.165, 1.54) is 6.42 Å². The van der Waals surface area contributed by atoms with Crippen LogP contribution in [0.3, 0.4) is 0 Å². The fourth-order valence-electron chi connectivity index (χ4n) is 7.93. The Morgan fingerprint density at radius 1 is 1.23 bits per heavy atom. The lowest BCUT2D eigenvalue weighted by Crippen LogP contribution is -2.62. The molecule has 6 N–H and O–H groups in total. The molecule has 0 aromatic heterocycles. The van der Waals surface area contributed by atoms with Crippen LogP contribution >= 0.6 is 0 Å². The highest BCUT2D eigenvalue weighted by Gasteiger charge is 2.57. The molecule has 1 amide bonds. The van der Waals surface area contributed by atoms with Gasteiger partial charge in [0.15, 0.2) is 0 Å². The van der Waals surface area contributed by atoms with E-state index in [-0.39, 0.29) is 30.6 Å². The number of hydrogen-bond donors (Lipinski definition) is 5. The summed E-state index contributed by atoms with van der Waals surface area (Å²) in [5, 5.41) is 28.5. The molecule has 1 saturated heterocycles. The Morgan fingerprint density at radius 3 is 2.56 bits per heavy atom. The van der Waals surface area contributed by atoms with E-state index in [0.29, 0.717) is 45.7 Å². The number of benzene rings is 2. The zero-order valence-corrected chi connectivity index (χ0v) is 26.0. The second kappa shape index (κ2) is 12.1. The Bertz CT molecular complexity index is 1360. The summed E-state index contributed by atoms with van der Waals surface area (Å²) < 4.78 is 5.89. The van der Waals surface area contributed by atoms with Crippen LogP contribution in [0.4, 0.5) is 5.69 Å². The van der Waals surface area contributed by atoms with E-state index in [1.807, 2.05) is 24.3 Å². The number of anilines is 1. The molecule has 43 heavy (non-hydrogen) atoms. The van der Waals surface area contributed by atoms with Gasteiger partial charge in [-0.1, -0.05) is 39.0 Å². The van der Waals surface area contributed by atoms with Crippen molar-refractivity contribution in [1.29, 1.82) is 0 Å². The van der Waals surface area contributed by atoms with Gasteiger partial charge in [-0.25, -0.2) is 4.79 Å². The summed E-state index contributed by atoms with van der Waals surface area (Å²) >= 11 is 0. The lowest BCUT2D eigenvalue weighted by molar-refractivity contribution is -0.175. The van der Waals surface area contributed by atoms with Crippen molar-refractivity contribution in [2.24, 2.45) is 34.8 Å². The predicted octanol–water partition coefficient (Wildman–Crippen LogP) is 3.73. The fourth-order valence-corrected chi connectivity index (χ4v) is 7.93. The van der Waals surface area contributed by atoms with Crippen LogP contribution in [0.1, 0.15) is 56.5 Å². The maximum Gasteiger partial charge on any atom is 0.335 e. The molecule has 4 aliphatic rings. The standard InChI is InChI=1S/C33H46N4O6/c1-17-25-13-22(33(25,3)4)14-26(17)36-31(39)29-28(18(2)38)27(15-34)43-37(29)16-19-8-7-9-24(30(19)42-6)20-10-21(32(40)41)12-23(11-20)35-5/h7-12,17-18,22,25-29,35,38H,13-16,34H2,1-6H3,(H,36,39)(H,40,41)/t17-,18-,22+,25-,26-,27-,28+,29-/m0/s1. The zero-order valence-electron chi connectivity index (χ0n) is 26.0. The van der Waals surface area contributed by atoms with Crippen molar-refractivity contribution in [3.63, 3.8) is 0 Å². The Kier molecular flexibility index (Phi) is 8.77. The normalized spacial score (nSPS) is 30.3. The van der Waals surface area contributed by atoms with Crippen LogP contribution in [-0.4, -0.2) is 72.1 Å². The number of nitrogens with two attached hydrogens (primary N) is 1. The average molecular weight is 595 g/mol. The molecule has 0 unspecified atom stereocenters. The molecule has 8 atom stereocenters. The van der Waals surface area contributed by atoms with Gasteiger partial charge in [0.2, 0.25) is 5.91 Å². The second-order valence-corrected chi connectivity index (χ2v) is 13.1. The SMILES string of the molecule is CNc1cc(C(=O)O)cc(-c2cccc(CN3O[C@@H](CN)[C@@H]([C@H](C)O)[C@H]3C(=O)N[C@H]3C[C@H]4C[C@@H]([C@@H]3C)C4(C)C)c2OC)c1. The topological polar surface area (TPSA) is 146 Å². The van der Waals surface area contributed by atoms with Crippen molar-refractivity contribution in [2.45, 2.75) is 71.4 Å². The van der Waals surface area contributed by atoms with Gasteiger partial charge in [-0.3, -0.25) is 9.63 Å². The maximum absolute atomic E-state index is 14.1. The summed E-state index contributed by atoms with van der Waals surface area (Å²) in [4.78, 5) is 32.1. The molecule has 2 aromatic carbocycles. The van der Waals surface area contributed by atoms with E-state index in [4.69, 9.17) is 15.3 Å². The largest absolute Gasteiger partial charge is 0.496 e. The fraction of sp³-hybridized carbons (Fsp3) is 0.576. The van der Waals surface area contributed by atoms with Crippen molar-refractivity contribution in [2.75, 3.05) is 26.0 Å². The van der Waals surface area contributed by atoms with Crippen LogP contribution < -0.4 is 21.1 Å². The van der Waals surface area contributed by atoms with Gasteiger partial charge in [0, 0.05) is 42.4 Å². The number of nitrogens with one attached hydrogen (secondary N) is 2. The first kappa shape index (κ1) is 31.3. The van der Waals surface area contributed by atoms with Gasteiger partial charge in [-0.05, 0) is 66.7 Å². The highest BCUT2D eigenvalue weighted by Crippen LogP contribution is 2.61. The number of ether oxygens (including phenoxy) is 1. The molecule has 10 nitrogen and oxygen atoms in total. The Hall–Kier alpha value is -3.18. The maximum atomic E-state index is 14.1. The molecular formula is C33H46N4O6. The van der Waals surface area contributed by atoms with Crippen molar-refractivity contribution in [3.8, 4) is 16.9 Å². The van der Waals surface area contributed by atoms with Crippen LogP contribution in [0.15, 0.2) is 36.4 Å². The van der Waals surface area contributed by atoms with Crippen LogP contribution in [0.5, 0.6) is 5.75 Å². The van der Waals surface area contributed by atoms with Gasteiger partial charge in [0.1, 0.15) is 11.8 Å². The smallest absolute Gasteiger partial charge is 0.335 e. The third kappa shape index (κ3) is 5.61.